The maximum absolute atomic E-state index is 5.98. The average molecular weight is 252 g/mol. The Morgan fingerprint density at radius 2 is 1.88 bits per heavy atom. The van der Waals surface area contributed by atoms with Gasteiger partial charge in [-0.1, -0.05) is 37.6 Å². The van der Waals surface area contributed by atoms with Crippen LogP contribution in [-0.2, 0) is 6.54 Å². The second kappa shape index (κ2) is 5.88. The largest absolute Gasteiger partial charge is 0.310 e. The van der Waals surface area contributed by atoms with Gasteiger partial charge in [0.25, 0.3) is 0 Å². The van der Waals surface area contributed by atoms with Gasteiger partial charge in [-0.3, -0.25) is 0 Å². The van der Waals surface area contributed by atoms with Crippen LogP contribution in [0.5, 0.6) is 0 Å². The highest BCUT2D eigenvalue weighted by Gasteiger charge is 2.23. The Bertz CT molecular complexity index is 354. The van der Waals surface area contributed by atoms with Crippen molar-refractivity contribution in [2.24, 2.45) is 11.8 Å². The van der Waals surface area contributed by atoms with Gasteiger partial charge in [0, 0.05) is 17.6 Å². The molecule has 1 aromatic carbocycles. The zero-order chi connectivity index (χ0) is 12.3. The van der Waals surface area contributed by atoms with Crippen molar-refractivity contribution < 1.29 is 0 Å². The second-order valence-electron chi connectivity index (χ2n) is 5.63. The fraction of sp³-hybridized carbons (Fsp3) is 0.600. The first-order valence-electron chi connectivity index (χ1n) is 6.61. The number of benzene rings is 1. The molecule has 2 unspecified atom stereocenters. The zero-order valence-electron chi connectivity index (χ0n) is 10.7. The van der Waals surface area contributed by atoms with Crippen LogP contribution in [0.25, 0.3) is 0 Å². The summed E-state index contributed by atoms with van der Waals surface area (Å²) in [6, 6.07) is 8.80. The highest BCUT2D eigenvalue weighted by Crippen LogP contribution is 2.28. The molecule has 0 aliphatic heterocycles. The van der Waals surface area contributed by atoms with Crippen molar-refractivity contribution in [3.63, 3.8) is 0 Å². The first-order valence-corrected chi connectivity index (χ1v) is 6.99. The van der Waals surface area contributed by atoms with Crippen molar-refractivity contribution in [1.82, 2.24) is 5.32 Å². The lowest BCUT2D eigenvalue weighted by atomic mass is 9.80. The molecule has 2 heteroatoms. The number of halogens is 1. The molecule has 0 amide bonds. The summed E-state index contributed by atoms with van der Waals surface area (Å²) >= 11 is 5.98. The molecule has 0 bridgehead atoms. The lowest BCUT2D eigenvalue weighted by Crippen LogP contribution is -2.35. The van der Waals surface area contributed by atoms with E-state index in [9.17, 15) is 0 Å². The Balaban J connectivity index is 1.85. The van der Waals surface area contributed by atoms with Crippen molar-refractivity contribution in [3.8, 4) is 0 Å². The summed E-state index contributed by atoms with van der Waals surface area (Å²) in [7, 11) is 0. The van der Waals surface area contributed by atoms with E-state index in [2.05, 4.69) is 25.2 Å². The molecule has 0 saturated heterocycles. The van der Waals surface area contributed by atoms with Gasteiger partial charge in [-0.2, -0.15) is 0 Å². The first kappa shape index (κ1) is 12.9. The molecule has 0 aromatic heterocycles. The van der Waals surface area contributed by atoms with Crippen LogP contribution in [0.1, 0.15) is 38.7 Å². The second-order valence-corrected chi connectivity index (χ2v) is 6.06. The van der Waals surface area contributed by atoms with Crippen LogP contribution in [0, 0.1) is 11.8 Å². The molecule has 17 heavy (non-hydrogen) atoms. The molecule has 1 nitrogen and oxygen atoms in total. The molecule has 1 aliphatic carbocycles. The molecule has 0 radical (unpaired) electrons. The van der Waals surface area contributed by atoms with Gasteiger partial charge >= 0.3 is 0 Å². The lowest BCUT2D eigenvalue weighted by Gasteiger charge is -2.32. The summed E-state index contributed by atoms with van der Waals surface area (Å²) in [6.45, 7) is 5.66. The molecule has 1 saturated carbocycles. The van der Waals surface area contributed by atoms with E-state index in [1.807, 2.05) is 18.2 Å². The zero-order valence-corrected chi connectivity index (χ0v) is 11.5. The van der Waals surface area contributed by atoms with Gasteiger partial charge in [0.05, 0.1) is 0 Å². The van der Waals surface area contributed by atoms with E-state index in [4.69, 9.17) is 11.6 Å². The number of nitrogens with one attached hydrogen (secondary N) is 1. The minimum Gasteiger partial charge on any atom is -0.310 e. The first-order chi connectivity index (χ1) is 8.13. The van der Waals surface area contributed by atoms with Crippen molar-refractivity contribution in [3.05, 3.63) is 34.9 Å². The Kier molecular flexibility index (Phi) is 4.47. The highest BCUT2D eigenvalue weighted by atomic mass is 35.5. The van der Waals surface area contributed by atoms with Crippen LogP contribution in [-0.4, -0.2) is 6.04 Å². The standard InChI is InChI=1S/C15H22ClN/c1-11-6-12(2)8-15(7-11)17-10-13-4-3-5-14(16)9-13/h3-5,9,11-12,15,17H,6-8,10H2,1-2H3. The fourth-order valence-corrected chi connectivity index (χ4v) is 3.24. The van der Waals surface area contributed by atoms with Gasteiger partial charge in [-0.15, -0.1) is 0 Å². The molecule has 1 fully saturated rings. The minimum atomic E-state index is 0.674. The predicted molar refractivity (Wildman–Crippen MR) is 74.3 cm³/mol. The van der Waals surface area contributed by atoms with Crippen LogP contribution in [0.4, 0.5) is 0 Å². The summed E-state index contributed by atoms with van der Waals surface area (Å²) in [5.74, 6) is 1.71. The van der Waals surface area contributed by atoms with Gasteiger partial charge in [0.1, 0.15) is 0 Å². The van der Waals surface area contributed by atoms with E-state index in [1.165, 1.54) is 24.8 Å². The van der Waals surface area contributed by atoms with Gasteiger partial charge < -0.3 is 5.32 Å². The Hall–Kier alpha value is -0.530. The van der Waals surface area contributed by atoms with Gasteiger partial charge in [0.15, 0.2) is 0 Å². The molecule has 94 valence electrons. The van der Waals surface area contributed by atoms with Gasteiger partial charge in [-0.25, -0.2) is 0 Å². The number of hydrogen-bond acceptors (Lipinski definition) is 1. The summed E-state index contributed by atoms with van der Waals surface area (Å²) in [5, 5.41) is 4.50. The highest BCUT2D eigenvalue weighted by molar-refractivity contribution is 6.30. The normalized spacial score (nSPS) is 29.2. The summed E-state index contributed by atoms with van der Waals surface area (Å²) < 4.78 is 0. The van der Waals surface area contributed by atoms with Crippen LogP contribution >= 0.6 is 11.6 Å². The Morgan fingerprint density at radius 1 is 1.18 bits per heavy atom. The van der Waals surface area contributed by atoms with E-state index in [1.54, 1.807) is 0 Å². The van der Waals surface area contributed by atoms with E-state index < -0.39 is 0 Å². The molecule has 1 aromatic rings. The van der Waals surface area contributed by atoms with Crippen molar-refractivity contribution >= 4 is 11.6 Å². The SMILES string of the molecule is CC1CC(C)CC(NCc2cccc(Cl)c2)C1. The van der Waals surface area contributed by atoms with Gasteiger partial charge in [0.2, 0.25) is 0 Å². The van der Waals surface area contributed by atoms with E-state index >= 15 is 0 Å². The minimum absolute atomic E-state index is 0.674. The Morgan fingerprint density at radius 3 is 2.53 bits per heavy atom. The van der Waals surface area contributed by atoms with Crippen LogP contribution in [0.15, 0.2) is 24.3 Å². The molecule has 0 spiro atoms. The van der Waals surface area contributed by atoms with E-state index in [0.717, 1.165) is 23.4 Å². The van der Waals surface area contributed by atoms with Crippen molar-refractivity contribution in [2.75, 3.05) is 0 Å². The molecule has 1 aliphatic rings. The van der Waals surface area contributed by atoms with Crippen LogP contribution in [0.3, 0.4) is 0 Å². The third-order valence-corrected chi connectivity index (χ3v) is 3.90. The molecule has 1 N–H and O–H groups in total. The van der Waals surface area contributed by atoms with Gasteiger partial charge in [-0.05, 0) is 48.8 Å². The van der Waals surface area contributed by atoms with Crippen LogP contribution < -0.4 is 5.32 Å². The summed E-state index contributed by atoms with van der Waals surface area (Å²) in [6.07, 6.45) is 4.01. The predicted octanol–water partition coefficient (Wildman–Crippen LogP) is 4.25. The average Bonchev–Trinajstić information content (AvgIpc) is 2.25. The number of hydrogen-bond donors (Lipinski definition) is 1. The quantitative estimate of drug-likeness (QED) is 0.847. The van der Waals surface area contributed by atoms with Crippen molar-refractivity contribution in [2.45, 2.75) is 45.7 Å². The van der Waals surface area contributed by atoms with E-state index in [0.29, 0.717) is 6.04 Å². The molecular formula is C15H22ClN. The maximum Gasteiger partial charge on any atom is 0.0409 e. The molecule has 2 rings (SSSR count). The smallest absolute Gasteiger partial charge is 0.0409 e. The third kappa shape index (κ3) is 4.01. The molecule has 0 heterocycles. The summed E-state index contributed by atoms with van der Waals surface area (Å²) in [5.41, 5.74) is 1.28. The summed E-state index contributed by atoms with van der Waals surface area (Å²) in [4.78, 5) is 0. The lowest BCUT2D eigenvalue weighted by molar-refractivity contribution is 0.238. The fourth-order valence-electron chi connectivity index (χ4n) is 3.02. The third-order valence-electron chi connectivity index (χ3n) is 3.66. The maximum atomic E-state index is 5.98. The molecular weight excluding hydrogens is 230 g/mol. The number of rotatable bonds is 3. The van der Waals surface area contributed by atoms with E-state index in [-0.39, 0.29) is 0 Å². The van der Waals surface area contributed by atoms with Crippen LogP contribution in [0.2, 0.25) is 5.02 Å². The Labute approximate surface area is 110 Å². The van der Waals surface area contributed by atoms with Crippen molar-refractivity contribution in [1.29, 1.82) is 0 Å². The monoisotopic (exact) mass is 251 g/mol. The molecule has 2 atom stereocenters. The topological polar surface area (TPSA) is 12.0 Å².